The van der Waals surface area contributed by atoms with Gasteiger partial charge in [-0.3, -0.25) is 9.59 Å². The zero-order chi connectivity index (χ0) is 12.8. The Morgan fingerprint density at radius 2 is 2.00 bits per heavy atom. The highest BCUT2D eigenvalue weighted by Gasteiger charge is 2.11. The standard InChI is InChI=1S/C13H20N2O2/c1-4-11(5-2)14-13(17)9-15-8-6-7-12(15)10(3)16/h6-8,11H,4-5,9H2,1-3H3,(H,14,17). The van der Waals surface area contributed by atoms with Gasteiger partial charge in [-0.2, -0.15) is 0 Å². The zero-order valence-electron chi connectivity index (χ0n) is 10.7. The van der Waals surface area contributed by atoms with E-state index in [2.05, 4.69) is 5.32 Å². The summed E-state index contributed by atoms with van der Waals surface area (Å²) in [6, 6.07) is 3.73. The van der Waals surface area contributed by atoms with Gasteiger partial charge in [-0.15, -0.1) is 0 Å². The SMILES string of the molecule is CCC(CC)NC(=O)Cn1cccc1C(C)=O. The molecule has 0 bridgehead atoms. The van der Waals surface area contributed by atoms with Crippen molar-refractivity contribution in [2.45, 2.75) is 46.2 Å². The Morgan fingerprint density at radius 3 is 2.53 bits per heavy atom. The van der Waals surface area contributed by atoms with E-state index >= 15 is 0 Å². The van der Waals surface area contributed by atoms with Crippen LogP contribution in [0.4, 0.5) is 0 Å². The maximum absolute atomic E-state index is 11.8. The first-order valence-corrected chi connectivity index (χ1v) is 6.03. The van der Waals surface area contributed by atoms with Crippen molar-refractivity contribution in [1.82, 2.24) is 9.88 Å². The summed E-state index contributed by atoms with van der Waals surface area (Å²) in [6.07, 6.45) is 3.60. The minimum atomic E-state index is -0.0441. The second kappa shape index (κ2) is 6.23. The van der Waals surface area contributed by atoms with Crippen molar-refractivity contribution in [2.24, 2.45) is 0 Å². The Kier molecular flexibility index (Phi) is 4.94. The summed E-state index contributed by atoms with van der Waals surface area (Å²) in [5.74, 6) is -0.0669. The highest BCUT2D eigenvalue weighted by molar-refractivity contribution is 5.93. The van der Waals surface area contributed by atoms with E-state index in [4.69, 9.17) is 0 Å². The highest BCUT2D eigenvalue weighted by atomic mass is 16.2. The number of Topliss-reactive ketones (excluding diaryl/α,β-unsaturated/α-hetero) is 1. The average molecular weight is 236 g/mol. The molecular weight excluding hydrogens is 216 g/mol. The van der Waals surface area contributed by atoms with Gasteiger partial charge in [0.05, 0.1) is 5.69 Å². The number of ketones is 1. The topological polar surface area (TPSA) is 51.1 Å². The van der Waals surface area contributed by atoms with Crippen molar-refractivity contribution >= 4 is 11.7 Å². The molecule has 0 fully saturated rings. The highest BCUT2D eigenvalue weighted by Crippen LogP contribution is 2.03. The first-order chi connectivity index (χ1) is 8.08. The molecule has 4 heteroatoms. The van der Waals surface area contributed by atoms with Gasteiger partial charge >= 0.3 is 0 Å². The molecule has 1 rings (SSSR count). The lowest BCUT2D eigenvalue weighted by molar-refractivity contribution is -0.122. The molecule has 0 aliphatic rings. The normalized spacial score (nSPS) is 10.6. The fourth-order valence-electron chi connectivity index (χ4n) is 1.79. The molecular formula is C13H20N2O2. The maximum Gasteiger partial charge on any atom is 0.240 e. The smallest absolute Gasteiger partial charge is 0.240 e. The monoisotopic (exact) mass is 236 g/mol. The number of hydrogen-bond donors (Lipinski definition) is 1. The predicted octanol–water partition coefficient (Wildman–Crippen LogP) is 2.00. The number of amides is 1. The van der Waals surface area contributed by atoms with Gasteiger partial charge in [-0.1, -0.05) is 13.8 Å². The van der Waals surface area contributed by atoms with Crippen LogP contribution in [0.3, 0.4) is 0 Å². The summed E-state index contributed by atoms with van der Waals surface area (Å²) >= 11 is 0. The van der Waals surface area contributed by atoms with Crippen molar-refractivity contribution in [2.75, 3.05) is 0 Å². The molecule has 0 radical (unpaired) electrons. The van der Waals surface area contributed by atoms with Gasteiger partial charge in [0.15, 0.2) is 5.78 Å². The summed E-state index contributed by atoms with van der Waals surface area (Å²) in [7, 11) is 0. The fourth-order valence-corrected chi connectivity index (χ4v) is 1.79. The van der Waals surface area contributed by atoms with Crippen LogP contribution >= 0.6 is 0 Å². The molecule has 17 heavy (non-hydrogen) atoms. The van der Waals surface area contributed by atoms with Gasteiger partial charge in [0.2, 0.25) is 5.91 Å². The third-order valence-electron chi connectivity index (χ3n) is 2.85. The molecule has 1 aromatic heterocycles. The van der Waals surface area contributed by atoms with Gasteiger partial charge in [0.25, 0.3) is 0 Å². The number of nitrogens with zero attached hydrogens (tertiary/aromatic N) is 1. The number of nitrogens with one attached hydrogen (secondary N) is 1. The minimum Gasteiger partial charge on any atom is -0.352 e. The Hall–Kier alpha value is -1.58. The van der Waals surface area contributed by atoms with E-state index in [1.54, 1.807) is 22.9 Å². The summed E-state index contributed by atoms with van der Waals surface area (Å²) < 4.78 is 1.68. The van der Waals surface area contributed by atoms with Crippen molar-refractivity contribution < 1.29 is 9.59 Å². The summed E-state index contributed by atoms with van der Waals surface area (Å²) in [5, 5.41) is 2.95. The molecule has 0 saturated carbocycles. The maximum atomic E-state index is 11.8. The predicted molar refractivity (Wildman–Crippen MR) is 66.9 cm³/mol. The molecule has 0 unspecified atom stereocenters. The van der Waals surface area contributed by atoms with Crippen molar-refractivity contribution in [3.8, 4) is 0 Å². The Morgan fingerprint density at radius 1 is 1.35 bits per heavy atom. The lowest BCUT2D eigenvalue weighted by atomic mass is 10.2. The Labute approximate surface area is 102 Å². The molecule has 0 aromatic carbocycles. The molecule has 4 nitrogen and oxygen atoms in total. The quantitative estimate of drug-likeness (QED) is 0.768. The average Bonchev–Trinajstić information content (AvgIpc) is 2.74. The number of aromatic nitrogens is 1. The largest absolute Gasteiger partial charge is 0.352 e. The lowest BCUT2D eigenvalue weighted by Gasteiger charge is -2.15. The Bertz CT molecular complexity index is 392. The van der Waals surface area contributed by atoms with Crippen molar-refractivity contribution in [3.05, 3.63) is 24.0 Å². The molecule has 94 valence electrons. The van der Waals surface area contributed by atoms with Gasteiger partial charge in [-0.05, 0) is 25.0 Å². The van der Waals surface area contributed by atoms with Crippen LogP contribution in [0.25, 0.3) is 0 Å². The van der Waals surface area contributed by atoms with E-state index in [0.29, 0.717) is 5.69 Å². The van der Waals surface area contributed by atoms with Crippen LogP contribution in [0.5, 0.6) is 0 Å². The molecule has 0 aliphatic heterocycles. The van der Waals surface area contributed by atoms with Crippen molar-refractivity contribution in [1.29, 1.82) is 0 Å². The summed E-state index contributed by atoms with van der Waals surface area (Å²) in [6.45, 7) is 5.80. The van der Waals surface area contributed by atoms with E-state index in [1.165, 1.54) is 6.92 Å². The lowest BCUT2D eigenvalue weighted by Crippen LogP contribution is -2.36. The van der Waals surface area contributed by atoms with E-state index < -0.39 is 0 Å². The molecule has 0 spiro atoms. The van der Waals surface area contributed by atoms with E-state index in [1.807, 2.05) is 13.8 Å². The van der Waals surface area contributed by atoms with Crippen LogP contribution in [0.15, 0.2) is 18.3 Å². The summed E-state index contributed by atoms with van der Waals surface area (Å²) in [4.78, 5) is 23.1. The van der Waals surface area contributed by atoms with Crippen LogP contribution in [0, 0.1) is 0 Å². The zero-order valence-corrected chi connectivity index (χ0v) is 10.7. The molecule has 0 saturated heterocycles. The molecule has 1 aromatic rings. The Balaban J connectivity index is 2.62. The van der Waals surface area contributed by atoms with Crippen LogP contribution in [-0.4, -0.2) is 22.3 Å². The molecule has 0 aliphatic carbocycles. The number of carbonyl (C=O) groups is 2. The van der Waals surface area contributed by atoms with Gasteiger partial charge in [0.1, 0.15) is 6.54 Å². The van der Waals surface area contributed by atoms with Crippen LogP contribution in [-0.2, 0) is 11.3 Å². The molecule has 1 N–H and O–H groups in total. The van der Waals surface area contributed by atoms with Crippen LogP contribution < -0.4 is 5.32 Å². The van der Waals surface area contributed by atoms with Gasteiger partial charge < -0.3 is 9.88 Å². The third-order valence-corrected chi connectivity index (χ3v) is 2.85. The molecule has 0 atom stereocenters. The summed E-state index contributed by atoms with van der Waals surface area (Å²) in [5.41, 5.74) is 0.574. The van der Waals surface area contributed by atoms with Crippen molar-refractivity contribution in [3.63, 3.8) is 0 Å². The number of rotatable bonds is 6. The first-order valence-electron chi connectivity index (χ1n) is 6.03. The molecule has 1 amide bonds. The number of hydrogen-bond acceptors (Lipinski definition) is 2. The second-order valence-electron chi connectivity index (χ2n) is 4.16. The van der Waals surface area contributed by atoms with Gasteiger partial charge in [-0.25, -0.2) is 0 Å². The fraction of sp³-hybridized carbons (Fsp3) is 0.538. The van der Waals surface area contributed by atoms with Crippen LogP contribution in [0.1, 0.15) is 44.1 Å². The first kappa shape index (κ1) is 13.5. The van der Waals surface area contributed by atoms with E-state index in [0.717, 1.165) is 12.8 Å². The minimum absolute atomic E-state index is 0.0228. The van der Waals surface area contributed by atoms with E-state index in [-0.39, 0.29) is 24.3 Å². The third kappa shape index (κ3) is 3.73. The second-order valence-corrected chi connectivity index (χ2v) is 4.16. The molecule has 1 heterocycles. The van der Waals surface area contributed by atoms with Crippen LogP contribution in [0.2, 0.25) is 0 Å². The number of carbonyl (C=O) groups excluding carboxylic acids is 2. The van der Waals surface area contributed by atoms with Gasteiger partial charge in [0, 0.05) is 19.2 Å². The van der Waals surface area contributed by atoms with E-state index in [9.17, 15) is 9.59 Å².